The predicted octanol–water partition coefficient (Wildman–Crippen LogP) is 2.69. The second-order valence-corrected chi connectivity index (χ2v) is 6.69. The van der Waals surface area contributed by atoms with Crippen LogP contribution in [0.5, 0.6) is 0 Å². The van der Waals surface area contributed by atoms with Gasteiger partial charge in [-0.1, -0.05) is 27.2 Å². The molecule has 1 aromatic rings. The van der Waals surface area contributed by atoms with Gasteiger partial charge in [-0.2, -0.15) is 5.10 Å². The molecule has 2 aliphatic carbocycles. The van der Waals surface area contributed by atoms with E-state index >= 15 is 0 Å². The zero-order valence-electron chi connectivity index (χ0n) is 11.3. The molecule has 3 rings (SSSR count). The second kappa shape index (κ2) is 3.84. The quantitative estimate of drug-likeness (QED) is 0.844. The van der Waals surface area contributed by atoms with E-state index in [9.17, 15) is 4.79 Å². The molecule has 1 heterocycles. The van der Waals surface area contributed by atoms with Gasteiger partial charge < -0.3 is 5.32 Å². The van der Waals surface area contributed by atoms with Gasteiger partial charge >= 0.3 is 0 Å². The molecule has 2 saturated carbocycles. The Morgan fingerprint density at radius 3 is 2.61 bits per heavy atom. The molecule has 2 unspecified atom stereocenters. The summed E-state index contributed by atoms with van der Waals surface area (Å²) in [7, 11) is 0. The van der Waals surface area contributed by atoms with Gasteiger partial charge in [-0.15, -0.1) is 0 Å². The summed E-state index contributed by atoms with van der Waals surface area (Å²) in [6, 6.07) is 1.94. The molecular formula is C14H21N3O. The molecule has 2 aliphatic rings. The number of aromatic amines is 1. The molecule has 0 aliphatic heterocycles. The first kappa shape index (κ1) is 11.8. The van der Waals surface area contributed by atoms with Gasteiger partial charge in [0.25, 0.3) is 0 Å². The molecule has 2 N–H and O–H groups in total. The van der Waals surface area contributed by atoms with E-state index in [1.807, 2.05) is 6.07 Å². The van der Waals surface area contributed by atoms with E-state index in [2.05, 4.69) is 36.3 Å². The minimum Gasteiger partial charge on any atom is -0.309 e. The van der Waals surface area contributed by atoms with Crippen LogP contribution in [0.15, 0.2) is 6.07 Å². The van der Waals surface area contributed by atoms with Crippen LogP contribution in [0.3, 0.4) is 0 Å². The van der Waals surface area contributed by atoms with Crippen LogP contribution in [-0.4, -0.2) is 16.1 Å². The zero-order valence-corrected chi connectivity index (χ0v) is 11.3. The van der Waals surface area contributed by atoms with Gasteiger partial charge in [0, 0.05) is 23.1 Å². The summed E-state index contributed by atoms with van der Waals surface area (Å²) in [4.78, 5) is 12.1. The van der Waals surface area contributed by atoms with E-state index in [-0.39, 0.29) is 17.2 Å². The molecule has 4 nitrogen and oxygen atoms in total. The molecule has 98 valence electrons. The number of hydrogen-bond acceptors (Lipinski definition) is 2. The van der Waals surface area contributed by atoms with Crippen LogP contribution in [0, 0.1) is 17.8 Å². The molecule has 0 saturated heterocycles. The summed E-state index contributed by atoms with van der Waals surface area (Å²) in [5.41, 5.74) is 1.08. The van der Waals surface area contributed by atoms with Crippen LogP contribution in [0.2, 0.25) is 0 Å². The van der Waals surface area contributed by atoms with Gasteiger partial charge in [0.15, 0.2) is 5.82 Å². The summed E-state index contributed by atoms with van der Waals surface area (Å²) >= 11 is 0. The average Bonchev–Trinajstić information content (AvgIpc) is 2.71. The molecule has 1 amide bonds. The van der Waals surface area contributed by atoms with Crippen LogP contribution in [0.25, 0.3) is 0 Å². The van der Waals surface area contributed by atoms with E-state index in [0.717, 1.165) is 5.69 Å². The maximum absolute atomic E-state index is 12.1. The summed E-state index contributed by atoms with van der Waals surface area (Å²) in [6.07, 6.45) is 3.77. The molecule has 0 spiro atoms. The largest absolute Gasteiger partial charge is 0.309 e. The fraction of sp³-hybridized carbons (Fsp3) is 0.714. The predicted molar refractivity (Wildman–Crippen MR) is 70.2 cm³/mol. The smallest absolute Gasteiger partial charge is 0.229 e. The van der Waals surface area contributed by atoms with Crippen LogP contribution in [0.1, 0.15) is 45.7 Å². The lowest BCUT2D eigenvalue weighted by Gasteiger charge is -2.14. The molecule has 0 bridgehead atoms. The van der Waals surface area contributed by atoms with Crippen LogP contribution in [0.4, 0.5) is 5.82 Å². The Hall–Kier alpha value is -1.32. The SMILES string of the molecule is CC(C)(C)c1cc(NC(=O)C2C3CCCC32)n[nH]1. The Labute approximate surface area is 108 Å². The van der Waals surface area contributed by atoms with Crippen LogP contribution >= 0.6 is 0 Å². The number of amides is 1. The first-order valence-corrected chi connectivity index (χ1v) is 6.83. The van der Waals surface area contributed by atoms with Gasteiger partial charge in [-0.3, -0.25) is 9.89 Å². The fourth-order valence-corrected chi connectivity index (χ4v) is 3.19. The molecule has 18 heavy (non-hydrogen) atoms. The van der Waals surface area contributed by atoms with E-state index in [0.29, 0.717) is 17.7 Å². The maximum atomic E-state index is 12.1. The Balaban J connectivity index is 1.63. The summed E-state index contributed by atoms with van der Waals surface area (Å²) in [5.74, 6) is 2.40. The van der Waals surface area contributed by atoms with Crippen molar-refractivity contribution in [3.8, 4) is 0 Å². The minimum atomic E-state index is 0.0338. The standard InChI is InChI=1S/C14H21N3O/c1-14(2,3)10-7-11(17-16-10)15-13(18)12-8-5-4-6-9(8)12/h7-9,12H,4-6H2,1-3H3,(H2,15,16,17,18). The van der Waals surface area contributed by atoms with Crippen molar-refractivity contribution in [2.24, 2.45) is 17.8 Å². The van der Waals surface area contributed by atoms with Crippen molar-refractivity contribution < 1.29 is 4.79 Å². The summed E-state index contributed by atoms with van der Waals surface area (Å²) in [6.45, 7) is 6.37. The van der Waals surface area contributed by atoms with E-state index in [4.69, 9.17) is 0 Å². The van der Waals surface area contributed by atoms with Crippen LogP contribution in [-0.2, 0) is 10.2 Å². The first-order chi connectivity index (χ1) is 8.47. The minimum absolute atomic E-state index is 0.0338. The summed E-state index contributed by atoms with van der Waals surface area (Å²) < 4.78 is 0. The van der Waals surface area contributed by atoms with Crippen molar-refractivity contribution in [2.75, 3.05) is 5.32 Å². The van der Waals surface area contributed by atoms with Crippen molar-refractivity contribution in [2.45, 2.75) is 45.4 Å². The lowest BCUT2D eigenvalue weighted by Crippen LogP contribution is -2.16. The molecule has 2 fully saturated rings. The number of carbonyl (C=O) groups excluding carboxylic acids is 1. The third kappa shape index (κ3) is 1.93. The highest BCUT2D eigenvalue weighted by molar-refractivity contribution is 5.94. The van der Waals surface area contributed by atoms with E-state index in [1.165, 1.54) is 19.3 Å². The van der Waals surface area contributed by atoms with Gasteiger partial charge in [-0.05, 0) is 24.7 Å². The highest BCUT2D eigenvalue weighted by atomic mass is 16.2. The average molecular weight is 247 g/mol. The zero-order chi connectivity index (χ0) is 12.9. The fourth-order valence-electron chi connectivity index (χ4n) is 3.19. The number of carbonyl (C=O) groups is 1. The molecule has 1 aromatic heterocycles. The Kier molecular flexibility index (Phi) is 2.50. The van der Waals surface area contributed by atoms with Gasteiger partial charge in [0.05, 0.1) is 0 Å². The maximum Gasteiger partial charge on any atom is 0.229 e. The number of rotatable bonds is 2. The van der Waals surface area contributed by atoms with Crippen molar-refractivity contribution in [3.05, 3.63) is 11.8 Å². The summed E-state index contributed by atoms with van der Waals surface area (Å²) in [5, 5.41) is 10.1. The Bertz CT molecular complexity index is 462. The Morgan fingerprint density at radius 2 is 2.06 bits per heavy atom. The van der Waals surface area contributed by atoms with Crippen molar-refractivity contribution in [1.29, 1.82) is 0 Å². The lowest BCUT2D eigenvalue weighted by molar-refractivity contribution is -0.118. The van der Waals surface area contributed by atoms with Gasteiger partial charge in [-0.25, -0.2) is 0 Å². The number of H-pyrrole nitrogens is 1. The monoisotopic (exact) mass is 247 g/mol. The number of nitrogens with one attached hydrogen (secondary N) is 2. The number of anilines is 1. The van der Waals surface area contributed by atoms with Gasteiger partial charge in [0.1, 0.15) is 0 Å². The second-order valence-electron chi connectivity index (χ2n) is 6.69. The van der Waals surface area contributed by atoms with E-state index in [1.54, 1.807) is 0 Å². The highest BCUT2D eigenvalue weighted by Crippen LogP contribution is 2.57. The molecular weight excluding hydrogens is 226 g/mol. The normalized spacial score (nSPS) is 30.1. The molecule has 4 heteroatoms. The van der Waals surface area contributed by atoms with Gasteiger partial charge in [0.2, 0.25) is 5.91 Å². The highest BCUT2D eigenvalue weighted by Gasteiger charge is 2.56. The van der Waals surface area contributed by atoms with Crippen LogP contribution < -0.4 is 5.32 Å². The number of hydrogen-bond donors (Lipinski definition) is 2. The lowest BCUT2D eigenvalue weighted by atomic mass is 9.92. The number of fused-ring (bicyclic) bond motifs is 1. The van der Waals surface area contributed by atoms with E-state index < -0.39 is 0 Å². The molecule has 2 atom stereocenters. The third-order valence-corrected chi connectivity index (χ3v) is 4.35. The number of aromatic nitrogens is 2. The molecule has 0 radical (unpaired) electrons. The number of nitrogens with zero attached hydrogens (tertiary/aromatic N) is 1. The van der Waals surface area contributed by atoms with Crippen molar-refractivity contribution in [1.82, 2.24) is 10.2 Å². The topological polar surface area (TPSA) is 57.8 Å². The third-order valence-electron chi connectivity index (χ3n) is 4.35. The Morgan fingerprint density at radius 1 is 1.39 bits per heavy atom. The van der Waals surface area contributed by atoms with Crippen molar-refractivity contribution >= 4 is 11.7 Å². The first-order valence-electron chi connectivity index (χ1n) is 6.83. The van der Waals surface area contributed by atoms with Crippen molar-refractivity contribution in [3.63, 3.8) is 0 Å². The molecule has 0 aromatic carbocycles.